The van der Waals surface area contributed by atoms with Gasteiger partial charge in [0.25, 0.3) is 5.56 Å². The number of hydrogen-bond acceptors (Lipinski definition) is 4. The number of hydrogen-bond donors (Lipinski definition) is 3. The minimum absolute atomic E-state index is 0.112. The highest BCUT2D eigenvalue weighted by atomic mass is 79.9. The van der Waals surface area contributed by atoms with E-state index in [0.29, 0.717) is 17.7 Å². The Labute approximate surface area is 248 Å². The largest absolute Gasteiger partial charge is 0.494 e. The second-order valence-corrected chi connectivity index (χ2v) is 10.9. The van der Waals surface area contributed by atoms with Gasteiger partial charge in [-0.25, -0.2) is 13.9 Å². The quantitative estimate of drug-likeness (QED) is 0.163. The van der Waals surface area contributed by atoms with Crippen LogP contribution in [0.3, 0.4) is 0 Å². The average molecular weight is 622 g/mol. The van der Waals surface area contributed by atoms with Gasteiger partial charge in [-0.1, -0.05) is 101 Å². The van der Waals surface area contributed by atoms with E-state index in [4.69, 9.17) is 0 Å². The molecule has 2 aromatic heterocycles. The Morgan fingerprint density at radius 2 is 1.48 bits per heavy atom. The number of imidazole rings is 1. The predicted molar refractivity (Wildman–Crippen MR) is 163 cm³/mol. The first-order valence-electron chi connectivity index (χ1n) is 13.3. The number of Topliss-reactive ketones (excluding diaryl/α,β-unsaturated/α-hetero) is 1. The predicted octanol–water partition coefficient (Wildman–Crippen LogP) is 5.08. The fourth-order valence-electron chi connectivity index (χ4n) is 5.49. The van der Waals surface area contributed by atoms with E-state index in [1.54, 1.807) is 36.4 Å². The van der Waals surface area contributed by atoms with Crippen LogP contribution < -0.4 is 15.8 Å². The fourth-order valence-corrected chi connectivity index (χ4v) is 5.75. The molecule has 208 valence electrons. The van der Waals surface area contributed by atoms with Crippen LogP contribution in [0, 0.1) is 0 Å². The van der Waals surface area contributed by atoms with Gasteiger partial charge >= 0.3 is 5.69 Å². The molecule has 8 nitrogen and oxygen atoms in total. The first-order chi connectivity index (χ1) is 20.4. The summed E-state index contributed by atoms with van der Waals surface area (Å²) in [4.78, 5) is 44.6. The molecule has 0 aliphatic carbocycles. The van der Waals surface area contributed by atoms with Crippen LogP contribution in [-0.4, -0.2) is 25.4 Å². The van der Waals surface area contributed by atoms with Crippen molar-refractivity contribution in [2.75, 3.05) is 0 Å². The highest BCUT2D eigenvalue weighted by Crippen LogP contribution is 2.40. The zero-order chi connectivity index (χ0) is 29.2. The molecule has 2 unspecified atom stereocenters. The number of H-pyrrole nitrogens is 2. The Bertz CT molecular complexity index is 2000. The van der Waals surface area contributed by atoms with Gasteiger partial charge in [0.15, 0.2) is 17.1 Å². The molecule has 2 atom stereocenters. The van der Waals surface area contributed by atoms with Gasteiger partial charge in [0.1, 0.15) is 6.54 Å². The number of benzene rings is 4. The van der Waals surface area contributed by atoms with Crippen molar-refractivity contribution in [3.05, 3.63) is 163 Å². The van der Waals surface area contributed by atoms with Crippen molar-refractivity contribution < 1.29 is 14.5 Å². The first kappa shape index (κ1) is 27.2. The Kier molecular flexibility index (Phi) is 7.41. The molecule has 6 rings (SSSR count). The maximum atomic E-state index is 14.6. The fraction of sp³-hybridized carbons (Fsp3) is 0.0909. The molecule has 0 radical (unpaired) electrons. The van der Waals surface area contributed by atoms with Crippen LogP contribution in [-0.2, 0) is 6.54 Å². The minimum atomic E-state index is -1.02. The van der Waals surface area contributed by atoms with Gasteiger partial charge in [-0.15, -0.1) is 0 Å². The molecule has 0 amide bonds. The Balaban J connectivity index is 1.65. The van der Waals surface area contributed by atoms with E-state index in [1.807, 2.05) is 83.7 Å². The standard InChI is InChI=1S/C33H25BrN4O4/c34-24-17-15-22(16-18-24)27(28-31(40)35-33(42)36-32(28)41)29(30(39)23-11-5-2-6-12-23)38-20-37(19-21-9-3-1-4-10-21)25-13-7-8-14-26(25)38/h1-18,20,27,29H,19H2,(H2-,35,36,40,41,42)/p+1. The van der Waals surface area contributed by atoms with Crippen molar-refractivity contribution in [3.63, 3.8) is 0 Å². The number of aromatic amines is 2. The number of carbonyl (C=O) groups is 1. The lowest BCUT2D eigenvalue weighted by Gasteiger charge is -2.25. The number of nitrogens with one attached hydrogen (secondary N) is 2. The molecule has 4 aromatic carbocycles. The summed E-state index contributed by atoms with van der Waals surface area (Å²) in [6.07, 6.45) is 1.88. The minimum Gasteiger partial charge on any atom is -0.494 e. The molecule has 9 heteroatoms. The third-order valence-corrected chi connectivity index (χ3v) is 7.90. The summed E-state index contributed by atoms with van der Waals surface area (Å²) in [5.74, 6) is -1.83. The SMILES string of the molecule is O=C(c1ccccc1)C(C(c1ccc(Br)cc1)c1c(O)[nH]c(=O)[nH]c1=O)n1c[n+](Cc2ccccc2)c2ccccc21. The smallest absolute Gasteiger partial charge is 0.328 e. The van der Waals surface area contributed by atoms with E-state index in [2.05, 4.69) is 30.5 Å². The number of ketones is 1. The molecular weight excluding hydrogens is 596 g/mol. The molecule has 3 N–H and O–H groups in total. The lowest BCUT2D eigenvalue weighted by Crippen LogP contribution is -2.36. The number of para-hydroxylation sites is 2. The van der Waals surface area contributed by atoms with Gasteiger partial charge in [-0.3, -0.25) is 19.6 Å². The summed E-state index contributed by atoms with van der Waals surface area (Å²) >= 11 is 3.46. The molecule has 0 bridgehead atoms. The van der Waals surface area contributed by atoms with Crippen LogP contribution in [0.2, 0.25) is 0 Å². The van der Waals surface area contributed by atoms with E-state index >= 15 is 0 Å². The molecule has 0 aliphatic heterocycles. The van der Waals surface area contributed by atoms with Gasteiger partial charge in [0.2, 0.25) is 18.0 Å². The summed E-state index contributed by atoms with van der Waals surface area (Å²) < 4.78 is 4.73. The van der Waals surface area contributed by atoms with Crippen LogP contribution in [0.15, 0.2) is 130 Å². The molecule has 0 saturated heterocycles. The molecule has 0 spiro atoms. The maximum Gasteiger partial charge on any atom is 0.328 e. The van der Waals surface area contributed by atoms with Crippen molar-refractivity contribution >= 4 is 32.7 Å². The van der Waals surface area contributed by atoms with Crippen molar-refractivity contribution in [2.45, 2.75) is 18.5 Å². The monoisotopic (exact) mass is 621 g/mol. The van der Waals surface area contributed by atoms with Crippen molar-refractivity contribution in [1.29, 1.82) is 0 Å². The van der Waals surface area contributed by atoms with Crippen LogP contribution in [0.5, 0.6) is 5.88 Å². The topological polar surface area (TPSA) is 112 Å². The number of fused-ring (bicyclic) bond motifs is 1. The Hall–Kier alpha value is -5.02. The molecular formula is C33H26BrN4O4+. The molecule has 0 aliphatic rings. The van der Waals surface area contributed by atoms with Gasteiger partial charge in [0, 0.05) is 10.0 Å². The van der Waals surface area contributed by atoms with Crippen LogP contribution in [0.25, 0.3) is 11.0 Å². The molecule has 0 saturated carbocycles. The molecule has 6 aromatic rings. The second kappa shape index (κ2) is 11.5. The third kappa shape index (κ3) is 5.22. The van der Waals surface area contributed by atoms with Gasteiger partial charge in [-0.2, -0.15) is 0 Å². The van der Waals surface area contributed by atoms with Crippen LogP contribution in [0.4, 0.5) is 0 Å². The summed E-state index contributed by atoms with van der Waals surface area (Å²) in [6.45, 7) is 0.550. The molecule has 42 heavy (non-hydrogen) atoms. The van der Waals surface area contributed by atoms with Gasteiger partial charge in [0.05, 0.1) is 11.5 Å². The van der Waals surface area contributed by atoms with E-state index in [-0.39, 0.29) is 11.3 Å². The number of rotatable bonds is 8. The Morgan fingerprint density at radius 1 is 0.833 bits per heavy atom. The third-order valence-electron chi connectivity index (χ3n) is 7.37. The zero-order valence-electron chi connectivity index (χ0n) is 22.3. The maximum absolute atomic E-state index is 14.6. The van der Waals surface area contributed by atoms with E-state index < -0.39 is 29.1 Å². The highest BCUT2D eigenvalue weighted by molar-refractivity contribution is 9.10. The van der Waals surface area contributed by atoms with Gasteiger partial charge in [-0.05, 0) is 35.4 Å². The molecule has 0 fully saturated rings. The number of halogens is 1. The lowest BCUT2D eigenvalue weighted by molar-refractivity contribution is -0.663. The molecule has 2 heterocycles. The Morgan fingerprint density at radius 3 is 2.17 bits per heavy atom. The summed E-state index contributed by atoms with van der Waals surface area (Å²) in [5.41, 5.74) is 2.06. The zero-order valence-corrected chi connectivity index (χ0v) is 23.9. The van der Waals surface area contributed by atoms with Gasteiger partial charge < -0.3 is 5.11 Å². The normalized spacial score (nSPS) is 12.7. The summed E-state index contributed by atoms with van der Waals surface area (Å²) in [7, 11) is 0. The van der Waals surface area contributed by atoms with Crippen molar-refractivity contribution in [2.24, 2.45) is 0 Å². The van der Waals surface area contributed by atoms with E-state index in [0.717, 1.165) is 21.1 Å². The summed E-state index contributed by atoms with van der Waals surface area (Å²) in [6, 6.07) is 32.8. The lowest BCUT2D eigenvalue weighted by atomic mass is 9.82. The van der Waals surface area contributed by atoms with E-state index in [1.165, 1.54) is 0 Å². The number of aromatic nitrogens is 4. The highest BCUT2D eigenvalue weighted by Gasteiger charge is 2.41. The van der Waals surface area contributed by atoms with Crippen LogP contribution >= 0.6 is 15.9 Å². The summed E-state index contributed by atoms with van der Waals surface area (Å²) in [5, 5.41) is 11.0. The first-order valence-corrected chi connectivity index (χ1v) is 14.1. The number of aromatic hydroxyl groups is 1. The average Bonchev–Trinajstić information content (AvgIpc) is 3.35. The number of carbonyl (C=O) groups excluding carboxylic acids is 1. The van der Waals surface area contributed by atoms with Crippen molar-refractivity contribution in [3.8, 4) is 5.88 Å². The number of nitrogens with zero attached hydrogens (tertiary/aromatic N) is 2. The van der Waals surface area contributed by atoms with Crippen LogP contribution in [0.1, 0.15) is 39.0 Å². The second-order valence-electron chi connectivity index (χ2n) is 10.00. The van der Waals surface area contributed by atoms with Crippen molar-refractivity contribution in [1.82, 2.24) is 14.5 Å². The van der Waals surface area contributed by atoms with E-state index in [9.17, 15) is 19.5 Å².